The van der Waals surface area contributed by atoms with E-state index in [1.165, 1.54) is 12.1 Å². The minimum Gasteiger partial charge on any atom is -0.352 e. The number of likely N-dealkylation sites (tertiary alicyclic amines) is 1. The number of hydrogen-bond donors (Lipinski definition) is 1. The van der Waals surface area contributed by atoms with Crippen LogP contribution in [0.25, 0.3) is 0 Å². The van der Waals surface area contributed by atoms with Crippen molar-refractivity contribution in [1.29, 1.82) is 0 Å². The summed E-state index contributed by atoms with van der Waals surface area (Å²) in [6, 6.07) is 19.0. The zero-order valence-corrected chi connectivity index (χ0v) is 16.4. The minimum atomic E-state index is -0.462. The second kappa shape index (κ2) is 8.86. The van der Waals surface area contributed by atoms with E-state index in [2.05, 4.69) is 10.3 Å². The van der Waals surface area contributed by atoms with Gasteiger partial charge in [0.05, 0.1) is 5.92 Å². The fraction of sp³-hybridized carbons (Fsp3) is 0.208. The van der Waals surface area contributed by atoms with Gasteiger partial charge >= 0.3 is 0 Å². The number of nitrogens with one attached hydrogen (secondary N) is 1. The lowest BCUT2D eigenvalue weighted by Crippen LogP contribution is -2.35. The van der Waals surface area contributed by atoms with Crippen molar-refractivity contribution in [3.8, 4) is 0 Å². The van der Waals surface area contributed by atoms with E-state index in [9.17, 15) is 14.0 Å². The monoisotopic (exact) mass is 403 g/mol. The summed E-state index contributed by atoms with van der Waals surface area (Å²) in [5.74, 6) is -1.37. The summed E-state index contributed by atoms with van der Waals surface area (Å²) >= 11 is 0. The van der Waals surface area contributed by atoms with Crippen molar-refractivity contribution < 1.29 is 14.0 Å². The Bertz CT molecular complexity index is 1030. The fourth-order valence-electron chi connectivity index (χ4n) is 3.90. The molecule has 1 fully saturated rings. The number of benzene rings is 2. The number of pyridine rings is 1. The van der Waals surface area contributed by atoms with E-state index in [0.29, 0.717) is 18.7 Å². The largest absolute Gasteiger partial charge is 0.352 e. The molecule has 6 heteroatoms. The highest BCUT2D eigenvalue weighted by Gasteiger charge is 2.40. The molecule has 4 rings (SSSR count). The van der Waals surface area contributed by atoms with Gasteiger partial charge in [-0.05, 0) is 41.5 Å². The topological polar surface area (TPSA) is 62.3 Å². The molecule has 2 atom stereocenters. The Balaban J connectivity index is 1.55. The van der Waals surface area contributed by atoms with E-state index in [1.807, 2.05) is 36.4 Å². The normalized spacial score (nSPS) is 18.2. The fourth-order valence-corrected chi connectivity index (χ4v) is 3.90. The van der Waals surface area contributed by atoms with Crippen molar-refractivity contribution >= 4 is 11.8 Å². The number of carbonyl (C=O) groups is 2. The second-order valence-corrected chi connectivity index (χ2v) is 7.42. The van der Waals surface area contributed by atoms with Crippen molar-refractivity contribution in [3.05, 3.63) is 102 Å². The van der Waals surface area contributed by atoms with E-state index in [4.69, 9.17) is 0 Å². The van der Waals surface area contributed by atoms with Crippen molar-refractivity contribution in [3.63, 3.8) is 0 Å². The molecule has 0 saturated carbocycles. The van der Waals surface area contributed by atoms with Crippen LogP contribution in [0.3, 0.4) is 0 Å². The molecular formula is C24H22FN3O2. The van der Waals surface area contributed by atoms with Crippen LogP contribution < -0.4 is 5.32 Å². The van der Waals surface area contributed by atoms with Gasteiger partial charge in [0, 0.05) is 43.5 Å². The van der Waals surface area contributed by atoms with Crippen LogP contribution in [0.2, 0.25) is 0 Å². The first-order valence-corrected chi connectivity index (χ1v) is 9.88. The summed E-state index contributed by atoms with van der Waals surface area (Å²) in [7, 11) is 0. The third-order valence-electron chi connectivity index (χ3n) is 5.43. The minimum absolute atomic E-state index is 0.125. The van der Waals surface area contributed by atoms with Crippen LogP contribution in [0.4, 0.5) is 4.39 Å². The molecule has 1 saturated heterocycles. The van der Waals surface area contributed by atoms with E-state index in [0.717, 1.165) is 11.1 Å². The van der Waals surface area contributed by atoms with Gasteiger partial charge in [-0.15, -0.1) is 0 Å². The summed E-state index contributed by atoms with van der Waals surface area (Å²) in [5, 5.41) is 2.94. The van der Waals surface area contributed by atoms with Gasteiger partial charge in [-0.2, -0.15) is 0 Å². The highest BCUT2D eigenvalue weighted by molar-refractivity contribution is 5.95. The molecule has 1 N–H and O–H groups in total. The van der Waals surface area contributed by atoms with Crippen molar-refractivity contribution in [2.45, 2.75) is 12.5 Å². The quantitative estimate of drug-likeness (QED) is 0.710. The maximum absolute atomic E-state index is 13.9. The highest BCUT2D eigenvalue weighted by atomic mass is 19.1. The molecule has 5 nitrogen and oxygen atoms in total. The predicted molar refractivity (Wildman–Crippen MR) is 111 cm³/mol. The molecule has 1 aliphatic rings. The number of carbonyl (C=O) groups excluding carboxylic acids is 2. The van der Waals surface area contributed by atoms with Crippen LogP contribution in [0.15, 0.2) is 79.1 Å². The summed E-state index contributed by atoms with van der Waals surface area (Å²) in [6.45, 7) is 1.00. The van der Waals surface area contributed by atoms with Gasteiger partial charge in [-0.3, -0.25) is 14.6 Å². The van der Waals surface area contributed by atoms with Gasteiger partial charge in [0.1, 0.15) is 5.82 Å². The molecule has 2 heterocycles. The van der Waals surface area contributed by atoms with Crippen LogP contribution in [0, 0.1) is 11.7 Å². The zero-order chi connectivity index (χ0) is 20.9. The molecule has 0 spiro atoms. The van der Waals surface area contributed by atoms with E-state index >= 15 is 0 Å². The summed E-state index contributed by atoms with van der Waals surface area (Å²) < 4.78 is 13.9. The Kier molecular flexibility index (Phi) is 5.84. The SMILES string of the molecule is O=C(NCc1cccnc1)C1CN(C(=O)c2ccccc2)CC1c1cccc(F)c1. The first kappa shape index (κ1) is 19.8. The third-order valence-corrected chi connectivity index (χ3v) is 5.43. The number of halogens is 1. The van der Waals surface area contributed by atoms with Gasteiger partial charge in [0.15, 0.2) is 0 Å². The van der Waals surface area contributed by atoms with Crippen molar-refractivity contribution in [1.82, 2.24) is 15.2 Å². The molecule has 3 aromatic rings. The molecule has 152 valence electrons. The van der Waals surface area contributed by atoms with Crippen LogP contribution in [0.1, 0.15) is 27.4 Å². The third kappa shape index (κ3) is 4.38. The summed E-state index contributed by atoms with van der Waals surface area (Å²) in [6.07, 6.45) is 3.37. The standard InChI is InChI=1S/C24H22FN3O2/c25-20-10-4-9-19(12-20)21-15-28(24(30)18-7-2-1-3-8-18)16-22(21)23(29)27-14-17-6-5-11-26-13-17/h1-13,21-22H,14-16H2,(H,27,29). The Morgan fingerprint density at radius 1 is 1.03 bits per heavy atom. The first-order valence-electron chi connectivity index (χ1n) is 9.88. The zero-order valence-electron chi connectivity index (χ0n) is 16.4. The van der Waals surface area contributed by atoms with E-state index in [1.54, 1.807) is 35.5 Å². The van der Waals surface area contributed by atoms with Gasteiger partial charge in [-0.25, -0.2) is 4.39 Å². The van der Waals surface area contributed by atoms with E-state index < -0.39 is 5.92 Å². The highest BCUT2D eigenvalue weighted by Crippen LogP contribution is 2.34. The molecule has 0 aliphatic carbocycles. The van der Waals surface area contributed by atoms with Gasteiger partial charge < -0.3 is 10.2 Å². The second-order valence-electron chi connectivity index (χ2n) is 7.42. The van der Waals surface area contributed by atoms with Crippen LogP contribution in [-0.2, 0) is 11.3 Å². The molecule has 2 amide bonds. The Hall–Kier alpha value is -3.54. The lowest BCUT2D eigenvalue weighted by molar-refractivity contribution is -0.125. The van der Waals surface area contributed by atoms with E-state index in [-0.39, 0.29) is 30.1 Å². The molecule has 1 aliphatic heterocycles. The smallest absolute Gasteiger partial charge is 0.253 e. The Labute approximate surface area is 174 Å². The summed E-state index contributed by atoms with van der Waals surface area (Å²) in [5.41, 5.74) is 2.19. The molecule has 30 heavy (non-hydrogen) atoms. The average molecular weight is 403 g/mol. The number of hydrogen-bond acceptors (Lipinski definition) is 3. The number of aromatic nitrogens is 1. The Morgan fingerprint density at radius 3 is 2.60 bits per heavy atom. The lowest BCUT2D eigenvalue weighted by Gasteiger charge is -2.18. The Morgan fingerprint density at radius 2 is 1.87 bits per heavy atom. The summed E-state index contributed by atoms with van der Waals surface area (Å²) in [4.78, 5) is 31.7. The molecule has 1 aromatic heterocycles. The molecule has 0 bridgehead atoms. The number of nitrogens with zero attached hydrogens (tertiary/aromatic N) is 2. The predicted octanol–water partition coefficient (Wildman–Crippen LogP) is 3.39. The van der Waals surface area contributed by atoms with Gasteiger partial charge in [-0.1, -0.05) is 36.4 Å². The van der Waals surface area contributed by atoms with Crippen LogP contribution >= 0.6 is 0 Å². The van der Waals surface area contributed by atoms with Crippen molar-refractivity contribution in [2.24, 2.45) is 5.92 Å². The number of rotatable bonds is 5. The van der Waals surface area contributed by atoms with Gasteiger partial charge in [0.25, 0.3) is 5.91 Å². The van der Waals surface area contributed by atoms with Crippen LogP contribution in [0.5, 0.6) is 0 Å². The maximum Gasteiger partial charge on any atom is 0.253 e. The maximum atomic E-state index is 13.9. The molecule has 2 aromatic carbocycles. The molecule has 0 radical (unpaired) electrons. The molecular weight excluding hydrogens is 381 g/mol. The molecule has 2 unspecified atom stereocenters. The first-order chi connectivity index (χ1) is 14.6. The van der Waals surface area contributed by atoms with Gasteiger partial charge in [0.2, 0.25) is 5.91 Å². The van der Waals surface area contributed by atoms with Crippen molar-refractivity contribution in [2.75, 3.05) is 13.1 Å². The number of amides is 2. The lowest BCUT2D eigenvalue weighted by atomic mass is 9.88. The average Bonchev–Trinajstić information content (AvgIpc) is 3.24. The van der Waals surface area contributed by atoms with Crippen LogP contribution in [-0.4, -0.2) is 34.8 Å².